The molecule has 2 rings (SSSR count). The maximum Gasteiger partial charge on any atom is 0.315 e. The number of rotatable bonds is 5. The zero-order valence-electron chi connectivity index (χ0n) is 11.5. The molecule has 19 heavy (non-hydrogen) atoms. The molecule has 3 N–H and O–H groups in total. The third-order valence-electron chi connectivity index (χ3n) is 4.13. The summed E-state index contributed by atoms with van der Waals surface area (Å²) in [5.74, 6) is 0.350. The van der Waals surface area contributed by atoms with Gasteiger partial charge in [0.2, 0.25) is 5.91 Å². The molecule has 5 nitrogen and oxygen atoms in total. The highest BCUT2D eigenvalue weighted by atomic mass is 16.2. The van der Waals surface area contributed by atoms with Gasteiger partial charge < -0.3 is 16.0 Å². The first-order valence-corrected chi connectivity index (χ1v) is 7.58. The van der Waals surface area contributed by atoms with Gasteiger partial charge in [0.05, 0.1) is 0 Å². The SMILES string of the molecule is O=C(NCCNC(=O)C1CCCC1)NC1CCCC1. The Bertz CT molecular complexity index is 308. The second kappa shape index (κ2) is 7.36. The van der Waals surface area contributed by atoms with Crippen LogP contribution in [0.1, 0.15) is 51.4 Å². The van der Waals surface area contributed by atoms with Crippen LogP contribution in [-0.4, -0.2) is 31.1 Å². The van der Waals surface area contributed by atoms with Gasteiger partial charge in [-0.25, -0.2) is 4.79 Å². The van der Waals surface area contributed by atoms with Crippen LogP contribution in [0, 0.1) is 5.92 Å². The predicted octanol–water partition coefficient (Wildman–Crippen LogP) is 1.53. The van der Waals surface area contributed by atoms with Gasteiger partial charge >= 0.3 is 6.03 Å². The lowest BCUT2D eigenvalue weighted by Gasteiger charge is -2.14. The van der Waals surface area contributed by atoms with Crippen molar-refractivity contribution < 1.29 is 9.59 Å². The van der Waals surface area contributed by atoms with E-state index < -0.39 is 0 Å². The average molecular weight is 267 g/mol. The van der Waals surface area contributed by atoms with E-state index in [-0.39, 0.29) is 17.9 Å². The van der Waals surface area contributed by atoms with Gasteiger partial charge in [0.1, 0.15) is 0 Å². The summed E-state index contributed by atoms with van der Waals surface area (Å²) >= 11 is 0. The number of urea groups is 1. The van der Waals surface area contributed by atoms with Crippen LogP contribution in [0.3, 0.4) is 0 Å². The van der Waals surface area contributed by atoms with Crippen molar-refractivity contribution in [2.75, 3.05) is 13.1 Å². The van der Waals surface area contributed by atoms with Gasteiger partial charge in [0.25, 0.3) is 0 Å². The van der Waals surface area contributed by atoms with Crippen LogP contribution < -0.4 is 16.0 Å². The number of hydrogen-bond donors (Lipinski definition) is 3. The molecule has 2 aliphatic rings. The Morgan fingerprint density at radius 2 is 1.42 bits per heavy atom. The van der Waals surface area contributed by atoms with E-state index >= 15 is 0 Å². The van der Waals surface area contributed by atoms with E-state index in [0.717, 1.165) is 25.7 Å². The number of nitrogens with one attached hydrogen (secondary N) is 3. The number of hydrogen-bond acceptors (Lipinski definition) is 2. The van der Waals surface area contributed by atoms with Gasteiger partial charge in [-0.05, 0) is 25.7 Å². The molecule has 0 aromatic heterocycles. The largest absolute Gasteiger partial charge is 0.354 e. The molecule has 0 aromatic rings. The van der Waals surface area contributed by atoms with Crippen molar-refractivity contribution in [2.24, 2.45) is 5.92 Å². The minimum absolute atomic E-state index is 0.109. The Morgan fingerprint density at radius 3 is 2.11 bits per heavy atom. The van der Waals surface area contributed by atoms with Gasteiger partial charge in [-0.2, -0.15) is 0 Å². The fraction of sp³-hybridized carbons (Fsp3) is 0.857. The highest BCUT2D eigenvalue weighted by Crippen LogP contribution is 2.24. The summed E-state index contributed by atoms with van der Waals surface area (Å²) in [7, 11) is 0. The maximum atomic E-state index is 11.7. The quantitative estimate of drug-likeness (QED) is 0.661. The van der Waals surface area contributed by atoms with Crippen molar-refractivity contribution in [1.82, 2.24) is 16.0 Å². The number of amides is 3. The third kappa shape index (κ3) is 4.73. The lowest BCUT2D eigenvalue weighted by atomic mass is 10.1. The van der Waals surface area contributed by atoms with Crippen molar-refractivity contribution in [3.8, 4) is 0 Å². The lowest BCUT2D eigenvalue weighted by Crippen LogP contribution is -2.44. The van der Waals surface area contributed by atoms with E-state index in [1.165, 1.54) is 25.7 Å². The monoisotopic (exact) mass is 267 g/mol. The van der Waals surface area contributed by atoms with E-state index in [1.54, 1.807) is 0 Å². The topological polar surface area (TPSA) is 70.2 Å². The van der Waals surface area contributed by atoms with Crippen LogP contribution in [0.2, 0.25) is 0 Å². The molecule has 0 radical (unpaired) electrons. The van der Waals surface area contributed by atoms with E-state index in [2.05, 4.69) is 16.0 Å². The van der Waals surface area contributed by atoms with Crippen LogP contribution >= 0.6 is 0 Å². The van der Waals surface area contributed by atoms with E-state index in [9.17, 15) is 9.59 Å². The first-order chi connectivity index (χ1) is 9.25. The molecule has 0 spiro atoms. The van der Waals surface area contributed by atoms with Gasteiger partial charge in [-0.3, -0.25) is 4.79 Å². The van der Waals surface area contributed by atoms with Crippen molar-refractivity contribution in [1.29, 1.82) is 0 Å². The van der Waals surface area contributed by atoms with E-state index in [1.807, 2.05) is 0 Å². The first-order valence-electron chi connectivity index (χ1n) is 7.58. The van der Waals surface area contributed by atoms with Crippen molar-refractivity contribution in [2.45, 2.75) is 57.4 Å². The molecule has 0 heterocycles. The zero-order chi connectivity index (χ0) is 13.5. The second-order valence-corrected chi connectivity index (χ2v) is 5.65. The van der Waals surface area contributed by atoms with Crippen LogP contribution in [-0.2, 0) is 4.79 Å². The fourth-order valence-corrected chi connectivity index (χ4v) is 3.00. The van der Waals surface area contributed by atoms with Gasteiger partial charge in [-0.15, -0.1) is 0 Å². The molecule has 0 aromatic carbocycles. The highest BCUT2D eigenvalue weighted by Gasteiger charge is 2.22. The molecule has 0 unspecified atom stereocenters. The molecule has 0 atom stereocenters. The molecular weight excluding hydrogens is 242 g/mol. The Kier molecular flexibility index (Phi) is 5.48. The lowest BCUT2D eigenvalue weighted by molar-refractivity contribution is -0.124. The molecule has 0 aliphatic heterocycles. The van der Waals surface area contributed by atoms with Crippen molar-refractivity contribution in [3.05, 3.63) is 0 Å². The summed E-state index contributed by atoms with van der Waals surface area (Å²) in [5, 5.41) is 8.64. The summed E-state index contributed by atoms with van der Waals surface area (Å²) in [6.07, 6.45) is 8.96. The van der Waals surface area contributed by atoms with Gasteiger partial charge in [-0.1, -0.05) is 25.7 Å². The molecule has 5 heteroatoms. The molecule has 2 saturated carbocycles. The average Bonchev–Trinajstić information content (AvgIpc) is 3.06. The first kappa shape index (κ1) is 14.2. The summed E-state index contributed by atoms with van der Waals surface area (Å²) in [4.78, 5) is 23.3. The van der Waals surface area contributed by atoms with Gasteiger partial charge in [0.15, 0.2) is 0 Å². The van der Waals surface area contributed by atoms with Crippen LogP contribution in [0.4, 0.5) is 4.79 Å². The maximum absolute atomic E-state index is 11.7. The molecule has 0 saturated heterocycles. The summed E-state index contributed by atoms with van der Waals surface area (Å²) in [5.41, 5.74) is 0. The van der Waals surface area contributed by atoms with E-state index in [4.69, 9.17) is 0 Å². The third-order valence-corrected chi connectivity index (χ3v) is 4.13. The molecular formula is C14H25N3O2. The number of carbonyl (C=O) groups is 2. The summed E-state index contributed by atoms with van der Waals surface area (Å²) in [6.45, 7) is 1.02. The van der Waals surface area contributed by atoms with Crippen LogP contribution in [0.15, 0.2) is 0 Å². The molecule has 2 aliphatic carbocycles. The smallest absolute Gasteiger partial charge is 0.315 e. The Hall–Kier alpha value is -1.26. The van der Waals surface area contributed by atoms with E-state index in [0.29, 0.717) is 19.1 Å². The Balaban J connectivity index is 1.51. The second-order valence-electron chi connectivity index (χ2n) is 5.65. The Labute approximate surface area is 114 Å². The standard InChI is InChI=1S/C14H25N3O2/c18-13(11-5-1-2-6-11)15-9-10-16-14(19)17-12-7-3-4-8-12/h11-12H,1-10H2,(H,15,18)(H2,16,17,19). The normalized spacial score (nSPS) is 20.4. The highest BCUT2D eigenvalue weighted by molar-refractivity contribution is 5.79. The predicted molar refractivity (Wildman–Crippen MR) is 73.8 cm³/mol. The number of carbonyl (C=O) groups excluding carboxylic acids is 2. The minimum atomic E-state index is -0.109. The Morgan fingerprint density at radius 1 is 0.842 bits per heavy atom. The molecule has 108 valence electrons. The molecule has 3 amide bonds. The molecule has 2 fully saturated rings. The zero-order valence-corrected chi connectivity index (χ0v) is 11.5. The van der Waals surface area contributed by atoms with Crippen LogP contribution in [0.5, 0.6) is 0 Å². The van der Waals surface area contributed by atoms with Gasteiger partial charge in [0, 0.05) is 25.0 Å². The van der Waals surface area contributed by atoms with Crippen LogP contribution in [0.25, 0.3) is 0 Å². The summed E-state index contributed by atoms with van der Waals surface area (Å²) < 4.78 is 0. The molecule has 0 bridgehead atoms. The van der Waals surface area contributed by atoms with Crippen molar-refractivity contribution >= 4 is 11.9 Å². The minimum Gasteiger partial charge on any atom is -0.354 e. The fourth-order valence-electron chi connectivity index (χ4n) is 3.00. The van der Waals surface area contributed by atoms with Crippen molar-refractivity contribution in [3.63, 3.8) is 0 Å². The summed E-state index contributed by atoms with van der Waals surface area (Å²) in [6, 6.07) is 0.232.